The molecular formula is C10H13N3O3S. The minimum absolute atomic E-state index is 0.200. The molecule has 6 nitrogen and oxygen atoms in total. The van der Waals surface area contributed by atoms with Crippen LogP contribution in [-0.2, 0) is 4.79 Å². The van der Waals surface area contributed by atoms with Crippen molar-refractivity contribution in [3.05, 3.63) is 11.1 Å². The molecule has 0 saturated carbocycles. The zero-order valence-electron chi connectivity index (χ0n) is 9.34. The van der Waals surface area contributed by atoms with Gasteiger partial charge in [0.05, 0.1) is 6.10 Å². The van der Waals surface area contributed by atoms with Crippen LogP contribution in [0.25, 0.3) is 0 Å². The summed E-state index contributed by atoms with van der Waals surface area (Å²) < 4.78 is 0. The number of amides is 2. The average Bonchev–Trinajstić information content (AvgIpc) is 2.85. The van der Waals surface area contributed by atoms with Gasteiger partial charge in [0.2, 0.25) is 5.91 Å². The van der Waals surface area contributed by atoms with Gasteiger partial charge in [0.15, 0.2) is 5.13 Å². The monoisotopic (exact) mass is 255 g/mol. The van der Waals surface area contributed by atoms with E-state index < -0.39 is 6.10 Å². The average molecular weight is 255 g/mol. The molecule has 0 radical (unpaired) electrons. The summed E-state index contributed by atoms with van der Waals surface area (Å²) in [4.78, 5) is 28.4. The van der Waals surface area contributed by atoms with Crippen molar-refractivity contribution in [3.63, 3.8) is 0 Å². The van der Waals surface area contributed by atoms with Crippen LogP contribution in [0.15, 0.2) is 5.38 Å². The molecule has 2 heterocycles. The number of aliphatic hydroxyl groups is 1. The minimum Gasteiger partial charge on any atom is -0.391 e. The Kier molecular flexibility index (Phi) is 3.39. The fraction of sp³-hybridized carbons (Fsp3) is 0.500. The Labute approximate surface area is 102 Å². The molecule has 7 heteroatoms. The molecule has 2 N–H and O–H groups in total. The van der Waals surface area contributed by atoms with Gasteiger partial charge >= 0.3 is 0 Å². The van der Waals surface area contributed by atoms with Crippen LogP contribution < -0.4 is 5.32 Å². The highest BCUT2D eigenvalue weighted by Gasteiger charge is 2.26. The topological polar surface area (TPSA) is 82.5 Å². The number of hydrogen-bond donors (Lipinski definition) is 2. The molecule has 2 amide bonds. The first-order valence-corrected chi connectivity index (χ1v) is 6.14. The quantitative estimate of drug-likeness (QED) is 0.796. The number of nitrogens with zero attached hydrogens (tertiary/aromatic N) is 2. The highest BCUT2D eigenvalue weighted by molar-refractivity contribution is 7.14. The number of likely N-dealkylation sites (tertiary alicyclic amines) is 1. The summed E-state index contributed by atoms with van der Waals surface area (Å²) in [6, 6.07) is 0. The lowest BCUT2D eigenvalue weighted by Crippen LogP contribution is -2.29. The van der Waals surface area contributed by atoms with Gasteiger partial charge in [0.1, 0.15) is 5.69 Å². The molecule has 0 spiro atoms. The van der Waals surface area contributed by atoms with Crippen LogP contribution >= 0.6 is 11.3 Å². The third-order valence-corrected chi connectivity index (χ3v) is 3.21. The minimum atomic E-state index is -0.438. The van der Waals surface area contributed by atoms with E-state index in [1.54, 1.807) is 10.3 Å². The summed E-state index contributed by atoms with van der Waals surface area (Å²) >= 11 is 1.21. The third kappa shape index (κ3) is 2.80. The van der Waals surface area contributed by atoms with E-state index in [1.165, 1.54) is 18.3 Å². The lowest BCUT2D eigenvalue weighted by Gasteiger charge is -2.13. The van der Waals surface area contributed by atoms with Crippen molar-refractivity contribution in [1.82, 2.24) is 9.88 Å². The van der Waals surface area contributed by atoms with E-state index in [0.29, 0.717) is 30.3 Å². The van der Waals surface area contributed by atoms with Gasteiger partial charge in [0.25, 0.3) is 5.91 Å². The number of hydrogen-bond acceptors (Lipinski definition) is 5. The van der Waals surface area contributed by atoms with E-state index in [2.05, 4.69) is 10.3 Å². The number of anilines is 1. The Morgan fingerprint density at radius 2 is 2.41 bits per heavy atom. The van der Waals surface area contributed by atoms with Crippen molar-refractivity contribution in [2.45, 2.75) is 19.4 Å². The summed E-state index contributed by atoms with van der Waals surface area (Å²) in [6.07, 6.45) is 0.168. The van der Waals surface area contributed by atoms with Crippen molar-refractivity contribution < 1.29 is 14.7 Å². The molecule has 0 aliphatic carbocycles. The second-order valence-corrected chi connectivity index (χ2v) is 4.77. The molecule has 1 atom stereocenters. The first-order chi connectivity index (χ1) is 8.06. The summed E-state index contributed by atoms with van der Waals surface area (Å²) in [5.41, 5.74) is 0.313. The SMILES string of the molecule is CC(=O)Nc1nc(C(=O)N2CC[C@H](O)C2)cs1. The molecule has 1 aromatic rings. The highest BCUT2D eigenvalue weighted by Crippen LogP contribution is 2.19. The first kappa shape index (κ1) is 12.0. The van der Waals surface area contributed by atoms with Crippen molar-refractivity contribution in [3.8, 4) is 0 Å². The summed E-state index contributed by atoms with van der Waals surface area (Å²) in [5, 5.41) is 13.9. The van der Waals surface area contributed by atoms with Crippen LogP contribution in [0.1, 0.15) is 23.8 Å². The second-order valence-electron chi connectivity index (χ2n) is 3.91. The Morgan fingerprint density at radius 1 is 1.65 bits per heavy atom. The van der Waals surface area contributed by atoms with Crippen molar-refractivity contribution in [2.24, 2.45) is 0 Å². The van der Waals surface area contributed by atoms with Gasteiger partial charge in [-0.15, -0.1) is 11.3 Å². The number of β-amino-alcohol motifs (C(OH)–C–C–N with tert-alkyl or cyclic N) is 1. The predicted molar refractivity (Wildman–Crippen MR) is 62.9 cm³/mol. The summed E-state index contributed by atoms with van der Waals surface area (Å²) in [5.74, 6) is -0.413. The molecule has 92 valence electrons. The molecule has 1 saturated heterocycles. The fourth-order valence-electron chi connectivity index (χ4n) is 1.67. The van der Waals surface area contributed by atoms with Crippen LogP contribution in [0.2, 0.25) is 0 Å². The normalized spacial score (nSPS) is 19.4. The van der Waals surface area contributed by atoms with Crippen LogP contribution in [-0.4, -0.2) is 46.0 Å². The number of aromatic nitrogens is 1. The Morgan fingerprint density at radius 3 is 3.00 bits per heavy atom. The molecule has 1 fully saturated rings. The first-order valence-electron chi connectivity index (χ1n) is 5.26. The van der Waals surface area contributed by atoms with Crippen LogP contribution in [0.5, 0.6) is 0 Å². The number of carbonyl (C=O) groups is 2. The second kappa shape index (κ2) is 4.80. The van der Waals surface area contributed by atoms with Crippen molar-refractivity contribution in [1.29, 1.82) is 0 Å². The lowest BCUT2D eigenvalue weighted by atomic mass is 10.3. The van der Waals surface area contributed by atoms with Gasteiger partial charge in [-0.25, -0.2) is 4.98 Å². The summed E-state index contributed by atoms with van der Waals surface area (Å²) in [6.45, 7) is 2.29. The van der Waals surface area contributed by atoms with Crippen molar-refractivity contribution >= 4 is 28.3 Å². The van der Waals surface area contributed by atoms with Crippen molar-refractivity contribution in [2.75, 3.05) is 18.4 Å². The van der Waals surface area contributed by atoms with E-state index in [1.807, 2.05) is 0 Å². The molecule has 1 aromatic heterocycles. The number of carbonyl (C=O) groups excluding carboxylic acids is 2. The zero-order chi connectivity index (χ0) is 12.4. The maximum atomic E-state index is 11.9. The molecule has 0 bridgehead atoms. The molecule has 17 heavy (non-hydrogen) atoms. The van der Waals surface area contributed by atoms with E-state index >= 15 is 0 Å². The van der Waals surface area contributed by atoms with Crippen LogP contribution in [0.3, 0.4) is 0 Å². The van der Waals surface area contributed by atoms with Gasteiger partial charge < -0.3 is 15.3 Å². The van der Waals surface area contributed by atoms with E-state index in [0.717, 1.165) is 0 Å². The molecule has 2 rings (SSSR count). The largest absolute Gasteiger partial charge is 0.391 e. The molecule has 1 aliphatic heterocycles. The maximum absolute atomic E-state index is 11.9. The van der Waals surface area contributed by atoms with E-state index in [4.69, 9.17) is 0 Å². The molecule has 0 unspecified atom stereocenters. The predicted octanol–water partition coefficient (Wildman–Crippen LogP) is 0.308. The fourth-order valence-corrected chi connectivity index (χ4v) is 2.40. The molecular weight excluding hydrogens is 242 g/mol. The molecule has 0 aromatic carbocycles. The maximum Gasteiger partial charge on any atom is 0.273 e. The zero-order valence-corrected chi connectivity index (χ0v) is 10.2. The van der Waals surface area contributed by atoms with Gasteiger partial charge in [-0.05, 0) is 6.42 Å². The smallest absolute Gasteiger partial charge is 0.273 e. The Balaban J connectivity index is 2.04. The van der Waals surface area contributed by atoms with E-state index in [-0.39, 0.29) is 11.8 Å². The summed E-state index contributed by atoms with van der Waals surface area (Å²) in [7, 11) is 0. The number of nitrogens with one attached hydrogen (secondary N) is 1. The van der Waals surface area contributed by atoms with E-state index in [9.17, 15) is 14.7 Å². The van der Waals surface area contributed by atoms with Gasteiger partial charge in [-0.1, -0.05) is 0 Å². The number of aliphatic hydroxyl groups excluding tert-OH is 1. The number of rotatable bonds is 2. The van der Waals surface area contributed by atoms with Gasteiger partial charge in [-0.3, -0.25) is 9.59 Å². The van der Waals surface area contributed by atoms with Crippen LogP contribution in [0, 0.1) is 0 Å². The highest BCUT2D eigenvalue weighted by atomic mass is 32.1. The number of thiazole rings is 1. The third-order valence-electron chi connectivity index (χ3n) is 2.46. The van der Waals surface area contributed by atoms with Gasteiger partial charge in [0, 0.05) is 25.4 Å². The van der Waals surface area contributed by atoms with Crippen LogP contribution in [0.4, 0.5) is 5.13 Å². The Bertz CT molecular complexity index is 446. The standard InChI is InChI=1S/C10H13N3O3S/c1-6(14)11-10-12-8(5-17-10)9(16)13-3-2-7(15)4-13/h5,7,15H,2-4H2,1H3,(H,11,12,14)/t7-/m0/s1. The lowest BCUT2D eigenvalue weighted by molar-refractivity contribution is -0.114. The molecule has 1 aliphatic rings. The Hall–Kier alpha value is -1.47. The van der Waals surface area contributed by atoms with Gasteiger partial charge in [-0.2, -0.15) is 0 Å².